The number of rotatable bonds is 12. The largest absolute Gasteiger partial charge is 0.476 e. The molecule has 0 unspecified atom stereocenters. The Balaban J connectivity index is 0.916. The average Bonchev–Trinajstić information content (AvgIpc) is 3.68. The van der Waals surface area contributed by atoms with Crippen LogP contribution in [0.1, 0.15) is 60.9 Å². The van der Waals surface area contributed by atoms with Crippen LogP contribution in [0.25, 0.3) is 16.6 Å². The van der Waals surface area contributed by atoms with E-state index in [0.717, 1.165) is 67.7 Å². The molecule has 3 fully saturated rings. The zero-order valence-electron chi connectivity index (χ0n) is 36.6. The summed E-state index contributed by atoms with van der Waals surface area (Å²) < 4.78 is 47.3. The van der Waals surface area contributed by atoms with Crippen LogP contribution in [0.15, 0.2) is 89.5 Å². The second kappa shape index (κ2) is 18.5. The SMILES string of the molecule is O=C(NS(=O)(=O)c1ccc(NC[C@@H]2COCCO2)c([N+](=O)[O-])c1)c1ccc(N2CCN(CC3=C(c4ccc(Cl)cc4)CC4(CCC4)CC3)CC2)cc1N1CCCOc2nc3[nH]ccc3cc21. The first kappa shape index (κ1) is 44.1. The maximum Gasteiger partial charge on any atom is 0.293 e. The van der Waals surface area contributed by atoms with Gasteiger partial charge in [-0.1, -0.05) is 35.7 Å². The Morgan fingerprint density at radius 3 is 2.53 bits per heavy atom. The first-order valence-corrected chi connectivity index (χ1v) is 24.6. The summed E-state index contributed by atoms with van der Waals surface area (Å²) in [5, 5.41) is 16.8. The number of ether oxygens (including phenoxy) is 3. The van der Waals surface area contributed by atoms with E-state index in [0.29, 0.717) is 67.7 Å². The van der Waals surface area contributed by atoms with Crippen molar-refractivity contribution in [3.63, 3.8) is 0 Å². The van der Waals surface area contributed by atoms with Crippen LogP contribution in [0.3, 0.4) is 0 Å². The summed E-state index contributed by atoms with van der Waals surface area (Å²) in [6.45, 7) is 6.39. The van der Waals surface area contributed by atoms with Crippen molar-refractivity contribution in [2.45, 2.75) is 55.9 Å². The number of nitro groups is 1. The van der Waals surface area contributed by atoms with Gasteiger partial charge in [0, 0.05) is 74.2 Å². The third-order valence-corrected chi connectivity index (χ3v) is 15.4. The summed E-state index contributed by atoms with van der Waals surface area (Å²) in [7, 11) is -4.59. The lowest BCUT2D eigenvalue weighted by atomic mass is 9.59. The molecule has 2 aromatic heterocycles. The minimum absolute atomic E-state index is 0.105. The number of H-pyrrole nitrogens is 1. The number of fused-ring (bicyclic) bond motifs is 2. The van der Waals surface area contributed by atoms with E-state index in [2.05, 4.69) is 37.0 Å². The number of sulfonamides is 1. The van der Waals surface area contributed by atoms with E-state index in [9.17, 15) is 23.3 Å². The van der Waals surface area contributed by atoms with Gasteiger partial charge in [0.2, 0.25) is 5.88 Å². The van der Waals surface area contributed by atoms with Crippen LogP contribution in [0, 0.1) is 15.5 Å². The maximum atomic E-state index is 14.4. The molecule has 66 heavy (non-hydrogen) atoms. The molecule has 2 saturated heterocycles. The van der Waals surface area contributed by atoms with Gasteiger partial charge in [-0.15, -0.1) is 0 Å². The molecule has 1 spiro atoms. The van der Waals surface area contributed by atoms with Crippen LogP contribution in [-0.4, -0.2) is 112 Å². The second-order valence-electron chi connectivity index (χ2n) is 18.0. The molecule has 1 amide bonds. The number of amides is 1. The molecule has 16 nitrogen and oxygen atoms in total. The molecule has 1 saturated carbocycles. The minimum Gasteiger partial charge on any atom is -0.476 e. The highest BCUT2D eigenvalue weighted by atomic mass is 35.5. The molecule has 0 radical (unpaired) electrons. The molecule has 1 atom stereocenters. The number of allylic oxidation sites excluding steroid dienone is 1. The molecule has 5 aromatic rings. The van der Waals surface area contributed by atoms with Crippen molar-refractivity contribution in [3.05, 3.63) is 111 Å². The fourth-order valence-electron chi connectivity index (χ4n) is 10.1. The summed E-state index contributed by atoms with van der Waals surface area (Å²) in [4.78, 5) is 40.2. The van der Waals surface area contributed by atoms with E-state index in [-0.39, 0.29) is 23.9 Å². The zero-order valence-corrected chi connectivity index (χ0v) is 38.2. The van der Waals surface area contributed by atoms with Crippen LogP contribution in [-0.2, 0) is 19.5 Å². The standard InChI is InChI=1S/C48H53ClN8O8S/c49-35-5-3-32(4-6-35)40-28-48(13-1-14-48)15-11-34(40)30-54-18-20-55(21-19-54)36-7-9-39(42(26-36)56-17-2-22-65-47-44(56)25-33-12-16-50-45(33)52-47)46(58)53-66(61,62)38-8-10-41(43(27-38)57(59)60)51-29-37-31-63-23-24-64-37/h3-10,12,16,25-27,37,51H,1-2,11,13-15,17-24,28-31H2,(H,50,52)(H,53,58)/t37-/m1/s1. The summed E-state index contributed by atoms with van der Waals surface area (Å²) in [6.07, 6.45) is 9.49. The molecule has 5 aliphatic rings. The molecule has 346 valence electrons. The second-order valence-corrected chi connectivity index (χ2v) is 20.1. The molecule has 3 aromatic carbocycles. The van der Waals surface area contributed by atoms with E-state index in [1.165, 1.54) is 54.5 Å². The number of piperazine rings is 1. The number of benzene rings is 3. The number of carbonyl (C=O) groups excluding carboxylic acids is 1. The lowest BCUT2D eigenvalue weighted by Crippen LogP contribution is -2.47. The van der Waals surface area contributed by atoms with E-state index in [4.69, 9.17) is 30.8 Å². The van der Waals surface area contributed by atoms with Crippen LogP contribution in [0.4, 0.5) is 28.4 Å². The van der Waals surface area contributed by atoms with Crippen molar-refractivity contribution >= 4 is 72.6 Å². The summed E-state index contributed by atoms with van der Waals surface area (Å²) >= 11 is 6.31. The van der Waals surface area contributed by atoms with Gasteiger partial charge in [0.1, 0.15) is 17.0 Å². The monoisotopic (exact) mass is 936 g/mol. The molecule has 5 heterocycles. The zero-order chi connectivity index (χ0) is 45.4. The van der Waals surface area contributed by atoms with Crippen LogP contribution in [0.5, 0.6) is 5.88 Å². The van der Waals surface area contributed by atoms with E-state index < -0.39 is 31.4 Å². The lowest BCUT2D eigenvalue weighted by Gasteiger charge is -2.47. The molecule has 0 bridgehead atoms. The van der Waals surface area contributed by atoms with Gasteiger partial charge >= 0.3 is 0 Å². The first-order chi connectivity index (χ1) is 32.0. The molecule has 10 rings (SSSR count). The van der Waals surface area contributed by atoms with Crippen LogP contribution >= 0.6 is 11.6 Å². The van der Waals surface area contributed by atoms with Gasteiger partial charge in [-0.25, -0.2) is 13.1 Å². The Labute approximate surface area is 388 Å². The summed E-state index contributed by atoms with van der Waals surface area (Å²) in [5.74, 6) is -0.494. The van der Waals surface area contributed by atoms with Crippen molar-refractivity contribution in [1.29, 1.82) is 0 Å². The number of aromatic amines is 1. The van der Waals surface area contributed by atoms with Gasteiger partial charge in [0.05, 0.1) is 53.6 Å². The van der Waals surface area contributed by atoms with Crippen molar-refractivity contribution in [3.8, 4) is 5.88 Å². The maximum absolute atomic E-state index is 14.4. The Morgan fingerprint density at radius 2 is 1.77 bits per heavy atom. The van der Waals surface area contributed by atoms with Crippen molar-refractivity contribution in [2.24, 2.45) is 5.41 Å². The smallest absolute Gasteiger partial charge is 0.293 e. The van der Waals surface area contributed by atoms with Crippen molar-refractivity contribution < 1.29 is 32.3 Å². The number of carbonyl (C=O) groups is 1. The summed E-state index contributed by atoms with van der Waals surface area (Å²) in [6, 6.07) is 21.2. The number of aromatic nitrogens is 2. The van der Waals surface area contributed by atoms with Gasteiger partial charge in [0.25, 0.3) is 21.6 Å². The highest BCUT2D eigenvalue weighted by Crippen LogP contribution is 2.55. The molecular formula is C48H53ClN8O8S. The van der Waals surface area contributed by atoms with Crippen molar-refractivity contribution in [2.75, 3.05) is 87.4 Å². The van der Waals surface area contributed by atoms with E-state index in [1.54, 1.807) is 12.3 Å². The van der Waals surface area contributed by atoms with E-state index >= 15 is 0 Å². The third-order valence-electron chi connectivity index (χ3n) is 13.9. The third kappa shape index (κ3) is 9.19. The summed E-state index contributed by atoms with van der Waals surface area (Å²) in [5.41, 5.74) is 7.15. The Kier molecular flexibility index (Phi) is 12.4. The highest BCUT2D eigenvalue weighted by molar-refractivity contribution is 7.90. The van der Waals surface area contributed by atoms with Crippen LogP contribution in [0.2, 0.25) is 5.02 Å². The predicted molar refractivity (Wildman–Crippen MR) is 254 cm³/mol. The number of hydrogen-bond donors (Lipinski definition) is 3. The van der Waals surface area contributed by atoms with Crippen molar-refractivity contribution in [1.82, 2.24) is 19.6 Å². The number of pyridine rings is 1. The van der Waals surface area contributed by atoms with E-state index in [1.807, 2.05) is 41.3 Å². The van der Waals surface area contributed by atoms with Gasteiger partial charge in [0.15, 0.2) is 0 Å². The number of nitro benzene ring substituents is 1. The number of nitrogens with zero attached hydrogens (tertiary/aromatic N) is 5. The topological polar surface area (TPSA) is 185 Å². The molecular weight excluding hydrogens is 884 g/mol. The minimum atomic E-state index is -4.59. The quantitative estimate of drug-likeness (QED) is 0.0811. The van der Waals surface area contributed by atoms with Gasteiger partial charge in [-0.3, -0.25) is 19.8 Å². The Hall–Kier alpha value is -5.72. The van der Waals surface area contributed by atoms with Gasteiger partial charge in [-0.2, -0.15) is 4.98 Å². The molecule has 18 heteroatoms. The van der Waals surface area contributed by atoms with Crippen LogP contribution < -0.4 is 24.6 Å². The number of nitrogens with one attached hydrogen (secondary N) is 3. The Bertz CT molecular complexity index is 2780. The average molecular weight is 938 g/mol. The Morgan fingerprint density at radius 1 is 0.939 bits per heavy atom. The predicted octanol–water partition coefficient (Wildman–Crippen LogP) is 7.92. The van der Waals surface area contributed by atoms with Gasteiger partial charge < -0.3 is 34.3 Å². The highest BCUT2D eigenvalue weighted by Gasteiger charge is 2.41. The number of hydrogen-bond acceptors (Lipinski definition) is 13. The molecule has 2 aliphatic carbocycles. The normalized spacial score (nSPS) is 20.0. The molecule has 3 N–H and O–H groups in total. The first-order valence-electron chi connectivity index (χ1n) is 22.8. The number of anilines is 4. The fraction of sp³-hybridized carbons (Fsp3) is 0.417. The lowest BCUT2D eigenvalue weighted by molar-refractivity contribution is -0.384. The van der Waals surface area contributed by atoms with Gasteiger partial charge in [-0.05, 0) is 110 Å². The number of halogens is 1. The fourth-order valence-corrected chi connectivity index (χ4v) is 11.2. The molecule has 3 aliphatic heterocycles.